The summed E-state index contributed by atoms with van der Waals surface area (Å²) in [5.74, 6) is 0.101. The molecule has 0 unspecified atom stereocenters. The van der Waals surface area contributed by atoms with Crippen molar-refractivity contribution < 1.29 is 23.9 Å². The van der Waals surface area contributed by atoms with Crippen molar-refractivity contribution in [3.63, 3.8) is 0 Å². The molecule has 37 heavy (non-hydrogen) atoms. The molecule has 1 aliphatic heterocycles. The van der Waals surface area contributed by atoms with Crippen LogP contribution in [0.15, 0.2) is 80.6 Å². The standard InChI is InChI=1S/C27H22Br2N2O5S/c1-2-35-22-13-18(12-21(29)25(22)36-16-24(32)30-20-6-4-3-5-7-20)14-23-26(33)31(27(34)37-23)15-17-8-10-19(28)11-9-17/h3-14H,2,15-16H2,1H3,(H,30,32)/b23-14-. The van der Waals surface area contributed by atoms with Crippen LogP contribution in [0.3, 0.4) is 0 Å². The number of carbonyl (C=O) groups excluding carboxylic acids is 3. The van der Waals surface area contributed by atoms with E-state index in [9.17, 15) is 14.4 Å². The highest BCUT2D eigenvalue weighted by molar-refractivity contribution is 9.10. The van der Waals surface area contributed by atoms with Crippen LogP contribution < -0.4 is 14.8 Å². The number of ether oxygens (including phenoxy) is 2. The van der Waals surface area contributed by atoms with Crippen molar-refractivity contribution in [2.24, 2.45) is 0 Å². The zero-order chi connectivity index (χ0) is 26.4. The Labute approximate surface area is 235 Å². The van der Waals surface area contributed by atoms with Crippen molar-refractivity contribution in [3.05, 3.63) is 91.7 Å². The fourth-order valence-electron chi connectivity index (χ4n) is 3.49. The van der Waals surface area contributed by atoms with E-state index >= 15 is 0 Å². The molecule has 1 saturated heterocycles. The first-order chi connectivity index (χ1) is 17.8. The summed E-state index contributed by atoms with van der Waals surface area (Å²) in [6.45, 7) is 2.18. The molecule has 10 heteroatoms. The summed E-state index contributed by atoms with van der Waals surface area (Å²) in [6.07, 6.45) is 1.64. The number of para-hydroxylation sites is 1. The average molecular weight is 646 g/mol. The molecule has 1 fully saturated rings. The highest BCUT2D eigenvalue weighted by atomic mass is 79.9. The maximum atomic E-state index is 13.0. The van der Waals surface area contributed by atoms with Gasteiger partial charge in [-0.05, 0) is 88.2 Å². The third-order valence-corrected chi connectivity index (χ3v) is 7.19. The van der Waals surface area contributed by atoms with E-state index in [-0.39, 0.29) is 30.2 Å². The molecule has 7 nitrogen and oxygen atoms in total. The van der Waals surface area contributed by atoms with Gasteiger partial charge in [-0.15, -0.1) is 0 Å². The van der Waals surface area contributed by atoms with Gasteiger partial charge in [0, 0.05) is 10.2 Å². The largest absolute Gasteiger partial charge is 0.490 e. The Kier molecular flexibility index (Phi) is 9.07. The number of benzene rings is 3. The van der Waals surface area contributed by atoms with E-state index in [1.165, 1.54) is 4.90 Å². The third kappa shape index (κ3) is 7.03. The fraction of sp³-hybridized carbons (Fsp3) is 0.148. The zero-order valence-electron chi connectivity index (χ0n) is 19.7. The van der Waals surface area contributed by atoms with Gasteiger partial charge in [0.1, 0.15) is 0 Å². The van der Waals surface area contributed by atoms with Gasteiger partial charge in [0.25, 0.3) is 17.1 Å². The lowest BCUT2D eigenvalue weighted by molar-refractivity contribution is -0.123. The molecule has 3 aromatic rings. The summed E-state index contributed by atoms with van der Waals surface area (Å²) in [6, 6.07) is 20.0. The molecule has 1 heterocycles. The zero-order valence-corrected chi connectivity index (χ0v) is 23.7. The van der Waals surface area contributed by atoms with Crippen molar-refractivity contribution >= 4 is 72.4 Å². The van der Waals surface area contributed by atoms with Crippen LogP contribution in [0.2, 0.25) is 0 Å². The van der Waals surface area contributed by atoms with E-state index in [0.29, 0.717) is 38.7 Å². The number of nitrogens with zero attached hydrogens (tertiary/aromatic N) is 1. The Morgan fingerprint density at radius 2 is 1.76 bits per heavy atom. The Morgan fingerprint density at radius 1 is 1.03 bits per heavy atom. The van der Waals surface area contributed by atoms with E-state index < -0.39 is 0 Å². The van der Waals surface area contributed by atoms with Crippen molar-refractivity contribution in [2.45, 2.75) is 13.5 Å². The van der Waals surface area contributed by atoms with Crippen molar-refractivity contribution in [2.75, 3.05) is 18.5 Å². The lowest BCUT2D eigenvalue weighted by Gasteiger charge is -2.15. The minimum absolute atomic E-state index is 0.195. The second-order valence-corrected chi connectivity index (χ2v) is 10.6. The molecular weight excluding hydrogens is 624 g/mol. The molecule has 0 atom stereocenters. The topological polar surface area (TPSA) is 84.9 Å². The second kappa shape index (κ2) is 12.4. The predicted octanol–water partition coefficient (Wildman–Crippen LogP) is 6.86. The van der Waals surface area contributed by atoms with Gasteiger partial charge < -0.3 is 14.8 Å². The third-order valence-electron chi connectivity index (χ3n) is 5.16. The highest BCUT2D eigenvalue weighted by Gasteiger charge is 2.35. The van der Waals surface area contributed by atoms with E-state index in [2.05, 4.69) is 37.2 Å². The summed E-state index contributed by atoms with van der Waals surface area (Å²) in [5, 5.41) is 2.44. The Bertz CT molecular complexity index is 1350. The minimum Gasteiger partial charge on any atom is -0.490 e. The van der Waals surface area contributed by atoms with Gasteiger partial charge in [-0.25, -0.2) is 0 Å². The summed E-state index contributed by atoms with van der Waals surface area (Å²) < 4.78 is 13.0. The summed E-state index contributed by atoms with van der Waals surface area (Å²) in [5.41, 5.74) is 2.17. The summed E-state index contributed by atoms with van der Waals surface area (Å²) >= 11 is 7.76. The van der Waals surface area contributed by atoms with Crippen molar-refractivity contribution in [1.29, 1.82) is 0 Å². The van der Waals surface area contributed by atoms with Crippen molar-refractivity contribution in [3.8, 4) is 11.5 Å². The van der Waals surface area contributed by atoms with Crippen LogP contribution in [0.4, 0.5) is 10.5 Å². The maximum Gasteiger partial charge on any atom is 0.293 e. The molecule has 3 amide bonds. The quantitative estimate of drug-likeness (QED) is 0.256. The molecule has 1 aliphatic rings. The molecule has 0 bridgehead atoms. The number of anilines is 1. The Morgan fingerprint density at radius 3 is 2.46 bits per heavy atom. The number of rotatable bonds is 9. The Balaban J connectivity index is 1.49. The Hall–Kier alpha value is -3.08. The van der Waals surface area contributed by atoms with E-state index in [4.69, 9.17) is 9.47 Å². The maximum absolute atomic E-state index is 13.0. The molecule has 0 spiro atoms. The minimum atomic E-state index is -0.357. The molecular formula is C27H22Br2N2O5S. The molecule has 0 saturated carbocycles. The van der Waals surface area contributed by atoms with Gasteiger partial charge in [-0.2, -0.15) is 0 Å². The molecule has 1 N–H and O–H groups in total. The first kappa shape index (κ1) is 27.0. The number of nitrogens with one attached hydrogen (secondary N) is 1. The average Bonchev–Trinajstić information content (AvgIpc) is 3.13. The van der Waals surface area contributed by atoms with Crippen molar-refractivity contribution in [1.82, 2.24) is 4.90 Å². The number of amides is 3. The second-order valence-electron chi connectivity index (χ2n) is 7.86. The van der Waals surface area contributed by atoms with Crippen LogP contribution in [-0.4, -0.2) is 35.2 Å². The van der Waals surface area contributed by atoms with Crippen LogP contribution in [0.1, 0.15) is 18.1 Å². The smallest absolute Gasteiger partial charge is 0.293 e. The molecule has 3 aromatic carbocycles. The summed E-state index contributed by atoms with van der Waals surface area (Å²) in [4.78, 5) is 39.4. The monoisotopic (exact) mass is 644 g/mol. The lowest BCUT2D eigenvalue weighted by atomic mass is 10.1. The van der Waals surface area contributed by atoms with Crippen LogP contribution in [0.5, 0.6) is 11.5 Å². The number of hydrogen-bond donors (Lipinski definition) is 1. The van der Waals surface area contributed by atoms with E-state index in [0.717, 1.165) is 21.8 Å². The van der Waals surface area contributed by atoms with Gasteiger partial charge in [0.05, 0.1) is 22.5 Å². The molecule has 0 aliphatic carbocycles. The van der Waals surface area contributed by atoms with Crippen LogP contribution in [0, 0.1) is 0 Å². The normalized spacial score (nSPS) is 14.2. The van der Waals surface area contributed by atoms with E-state index in [1.807, 2.05) is 49.4 Å². The van der Waals surface area contributed by atoms with Gasteiger partial charge in [-0.1, -0.05) is 46.3 Å². The molecule has 0 aromatic heterocycles. The first-order valence-corrected chi connectivity index (χ1v) is 13.7. The number of halogens is 2. The first-order valence-electron chi connectivity index (χ1n) is 11.3. The van der Waals surface area contributed by atoms with Crippen LogP contribution in [0.25, 0.3) is 6.08 Å². The number of imide groups is 1. The predicted molar refractivity (Wildman–Crippen MR) is 152 cm³/mol. The SMILES string of the molecule is CCOc1cc(/C=C2\SC(=O)N(Cc3ccc(Br)cc3)C2=O)cc(Br)c1OCC(=O)Nc1ccccc1. The summed E-state index contributed by atoms with van der Waals surface area (Å²) in [7, 11) is 0. The highest BCUT2D eigenvalue weighted by Crippen LogP contribution is 2.39. The number of carbonyl (C=O) groups is 3. The van der Waals surface area contributed by atoms with Gasteiger partial charge in [-0.3, -0.25) is 19.3 Å². The van der Waals surface area contributed by atoms with Gasteiger partial charge in [0.15, 0.2) is 18.1 Å². The lowest BCUT2D eigenvalue weighted by Crippen LogP contribution is -2.27. The molecule has 0 radical (unpaired) electrons. The number of thioether (sulfide) groups is 1. The van der Waals surface area contributed by atoms with Gasteiger partial charge >= 0.3 is 0 Å². The fourth-order valence-corrected chi connectivity index (χ4v) is 5.17. The van der Waals surface area contributed by atoms with Crippen LogP contribution >= 0.6 is 43.6 Å². The number of hydrogen-bond acceptors (Lipinski definition) is 6. The van der Waals surface area contributed by atoms with Gasteiger partial charge in [0.2, 0.25) is 0 Å². The van der Waals surface area contributed by atoms with Crippen LogP contribution in [-0.2, 0) is 16.1 Å². The molecule has 4 rings (SSSR count). The van der Waals surface area contributed by atoms with E-state index in [1.54, 1.807) is 30.3 Å². The molecule has 190 valence electrons.